The van der Waals surface area contributed by atoms with Crippen LogP contribution < -0.4 is 10.6 Å². The number of carbonyl (C=O) groups excluding carboxylic acids is 2. The highest BCUT2D eigenvalue weighted by Crippen LogP contribution is 2.25. The molecule has 2 N–H and O–H groups in total. The normalized spacial score (nSPS) is 15.2. The molecule has 0 aromatic carbocycles. The highest BCUT2D eigenvalue weighted by atomic mass is 32.1. The average molecular weight is 346 g/mol. The molecule has 24 heavy (non-hydrogen) atoms. The molecule has 2 aromatic rings. The van der Waals surface area contributed by atoms with Gasteiger partial charge in [-0.25, -0.2) is 0 Å². The van der Waals surface area contributed by atoms with Gasteiger partial charge in [-0.05, 0) is 24.3 Å². The molecular formula is C17H22N4O2S. The Morgan fingerprint density at radius 3 is 2.83 bits per heavy atom. The molecule has 6 nitrogen and oxygen atoms in total. The third-order valence-electron chi connectivity index (χ3n) is 4.34. The molecule has 0 aliphatic heterocycles. The van der Waals surface area contributed by atoms with Crippen molar-refractivity contribution >= 4 is 29.0 Å². The maximum atomic E-state index is 12.3. The highest BCUT2D eigenvalue weighted by molar-refractivity contribution is 7.09. The van der Waals surface area contributed by atoms with Crippen LogP contribution in [0.25, 0.3) is 0 Å². The van der Waals surface area contributed by atoms with Crippen LogP contribution in [-0.4, -0.2) is 21.6 Å². The number of hydrogen-bond acceptors (Lipinski definition) is 4. The van der Waals surface area contributed by atoms with Gasteiger partial charge in [-0.15, -0.1) is 11.3 Å². The van der Waals surface area contributed by atoms with Crippen molar-refractivity contribution < 1.29 is 9.59 Å². The first-order valence-corrected chi connectivity index (χ1v) is 9.17. The summed E-state index contributed by atoms with van der Waals surface area (Å²) in [4.78, 5) is 25.6. The maximum absolute atomic E-state index is 12.3. The second-order valence-electron chi connectivity index (χ2n) is 6.12. The van der Waals surface area contributed by atoms with Gasteiger partial charge in [-0.3, -0.25) is 14.3 Å². The first kappa shape index (κ1) is 16.7. The lowest BCUT2D eigenvalue weighted by atomic mass is 9.89. The molecule has 1 aliphatic rings. The Kier molecular flexibility index (Phi) is 5.30. The van der Waals surface area contributed by atoms with Gasteiger partial charge in [0.05, 0.1) is 6.54 Å². The van der Waals surface area contributed by atoms with E-state index in [2.05, 4.69) is 15.7 Å². The Labute approximate surface area is 145 Å². The van der Waals surface area contributed by atoms with Crippen LogP contribution in [0.2, 0.25) is 0 Å². The van der Waals surface area contributed by atoms with E-state index in [1.807, 2.05) is 17.5 Å². The van der Waals surface area contributed by atoms with Crippen LogP contribution in [0.15, 0.2) is 23.6 Å². The SMILES string of the molecule is Cn1nc(C(=O)NCc2cccs2)cc1NC(=O)C1CCCCC1. The fourth-order valence-electron chi connectivity index (χ4n) is 2.96. The number of nitrogens with one attached hydrogen (secondary N) is 2. The zero-order valence-corrected chi connectivity index (χ0v) is 14.6. The first-order chi connectivity index (χ1) is 11.6. The molecular weight excluding hydrogens is 324 g/mol. The molecule has 1 fully saturated rings. The number of aryl methyl sites for hydroxylation is 1. The Hall–Kier alpha value is -2.15. The van der Waals surface area contributed by atoms with E-state index in [-0.39, 0.29) is 17.7 Å². The Morgan fingerprint density at radius 2 is 2.12 bits per heavy atom. The van der Waals surface area contributed by atoms with Crippen LogP contribution in [0.5, 0.6) is 0 Å². The smallest absolute Gasteiger partial charge is 0.272 e. The minimum atomic E-state index is -0.239. The minimum absolute atomic E-state index is 0.0308. The number of hydrogen-bond donors (Lipinski definition) is 2. The second kappa shape index (κ2) is 7.61. The lowest BCUT2D eigenvalue weighted by Crippen LogP contribution is -2.25. The van der Waals surface area contributed by atoms with Gasteiger partial charge in [0.25, 0.3) is 5.91 Å². The van der Waals surface area contributed by atoms with Crippen molar-refractivity contribution in [2.45, 2.75) is 38.6 Å². The monoisotopic (exact) mass is 346 g/mol. The van der Waals surface area contributed by atoms with Crippen molar-refractivity contribution in [2.24, 2.45) is 13.0 Å². The van der Waals surface area contributed by atoms with Gasteiger partial charge in [-0.1, -0.05) is 25.3 Å². The zero-order valence-electron chi connectivity index (χ0n) is 13.7. The molecule has 0 atom stereocenters. The summed E-state index contributed by atoms with van der Waals surface area (Å²) in [6.07, 6.45) is 5.32. The van der Waals surface area contributed by atoms with E-state index in [1.165, 1.54) is 6.42 Å². The van der Waals surface area contributed by atoms with Gasteiger partial charge in [0, 0.05) is 23.9 Å². The van der Waals surface area contributed by atoms with Crippen molar-refractivity contribution in [1.82, 2.24) is 15.1 Å². The standard InChI is InChI=1S/C17H22N4O2S/c1-21-15(19-16(22)12-6-3-2-4-7-12)10-14(20-21)17(23)18-11-13-8-5-9-24-13/h5,8-10,12H,2-4,6-7,11H2,1H3,(H,18,23)(H,19,22). The third kappa shape index (κ3) is 4.03. The first-order valence-electron chi connectivity index (χ1n) is 8.29. The number of thiophene rings is 1. The average Bonchev–Trinajstić information content (AvgIpc) is 3.24. The predicted octanol–water partition coefficient (Wildman–Crippen LogP) is 2.93. The summed E-state index contributed by atoms with van der Waals surface area (Å²) in [6, 6.07) is 5.55. The molecule has 0 saturated heterocycles. The second-order valence-corrected chi connectivity index (χ2v) is 7.16. The number of rotatable bonds is 5. The fourth-order valence-corrected chi connectivity index (χ4v) is 3.60. The van der Waals surface area contributed by atoms with Crippen LogP contribution >= 0.6 is 11.3 Å². The number of amides is 2. The van der Waals surface area contributed by atoms with Gasteiger partial charge in [-0.2, -0.15) is 5.10 Å². The molecule has 0 radical (unpaired) electrons. The molecule has 7 heteroatoms. The topological polar surface area (TPSA) is 76.0 Å². The lowest BCUT2D eigenvalue weighted by Gasteiger charge is -2.20. The van der Waals surface area contributed by atoms with E-state index < -0.39 is 0 Å². The van der Waals surface area contributed by atoms with Crippen LogP contribution in [0, 0.1) is 5.92 Å². The van der Waals surface area contributed by atoms with Gasteiger partial charge >= 0.3 is 0 Å². The van der Waals surface area contributed by atoms with Gasteiger partial charge in [0.15, 0.2) is 5.69 Å². The molecule has 128 valence electrons. The van der Waals surface area contributed by atoms with E-state index in [0.29, 0.717) is 18.1 Å². The van der Waals surface area contributed by atoms with E-state index in [1.54, 1.807) is 29.1 Å². The van der Waals surface area contributed by atoms with Crippen molar-refractivity contribution in [3.63, 3.8) is 0 Å². The highest BCUT2D eigenvalue weighted by Gasteiger charge is 2.22. The molecule has 0 spiro atoms. The maximum Gasteiger partial charge on any atom is 0.272 e. The van der Waals surface area contributed by atoms with Crippen molar-refractivity contribution in [1.29, 1.82) is 0 Å². The molecule has 0 bridgehead atoms. The van der Waals surface area contributed by atoms with Crippen LogP contribution in [-0.2, 0) is 18.4 Å². The van der Waals surface area contributed by atoms with Crippen molar-refractivity contribution in [3.05, 3.63) is 34.2 Å². The van der Waals surface area contributed by atoms with Crippen LogP contribution in [0.3, 0.4) is 0 Å². The Morgan fingerprint density at radius 1 is 1.33 bits per heavy atom. The summed E-state index contributed by atoms with van der Waals surface area (Å²) in [5, 5.41) is 11.9. The number of nitrogens with zero attached hydrogens (tertiary/aromatic N) is 2. The summed E-state index contributed by atoms with van der Waals surface area (Å²) in [5.74, 6) is 0.428. The van der Waals surface area contributed by atoms with Gasteiger partial charge in [0.2, 0.25) is 5.91 Å². The quantitative estimate of drug-likeness (QED) is 0.874. The molecule has 2 aromatic heterocycles. The lowest BCUT2D eigenvalue weighted by molar-refractivity contribution is -0.120. The third-order valence-corrected chi connectivity index (χ3v) is 5.22. The summed E-state index contributed by atoms with van der Waals surface area (Å²) in [7, 11) is 1.73. The summed E-state index contributed by atoms with van der Waals surface area (Å²) < 4.78 is 1.54. The molecule has 2 heterocycles. The molecule has 2 amide bonds. The van der Waals surface area contributed by atoms with Gasteiger partial charge < -0.3 is 10.6 Å². The van der Waals surface area contributed by atoms with E-state index >= 15 is 0 Å². The fraction of sp³-hybridized carbons (Fsp3) is 0.471. The summed E-state index contributed by atoms with van der Waals surface area (Å²) in [6.45, 7) is 0.483. The molecule has 1 aliphatic carbocycles. The number of aromatic nitrogens is 2. The molecule has 3 rings (SSSR count). The van der Waals surface area contributed by atoms with Crippen molar-refractivity contribution in [3.8, 4) is 0 Å². The van der Waals surface area contributed by atoms with Crippen LogP contribution in [0.4, 0.5) is 5.82 Å². The number of carbonyl (C=O) groups is 2. The Bertz CT molecular complexity index is 702. The molecule has 0 unspecified atom stereocenters. The van der Waals surface area contributed by atoms with Crippen molar-refractivity contribution in [2.75, 3.05) is 5.32 Å². The summed E-state index contributed by atoms with van der Waals surface area (Å²) >= 11 is 1.60. The Balaban J connectivity index is 1.59. The van der Waals surface area contributed by atoms with E-state index in [0.717, 1.165) is 30.6 Å². The van der Waals surface area contributed by atoms with E-state index in [4.69, 9.17) is 0 Å². The van der Waals surface area contributed by atoms with E-state index in [9.17, 15) is 9.59 Å². The minimum Gasteiger partial charge on any atom is -0.346 e. The summed E-state index contributed by atoms with van der Waals surface area (Å²) in [5.41, 5.74) is 0.313. The van der Waals surface area contributed by atoms with Crippen LogP contribution in [0.1, 0.15) is 47.5 Å². The zero-order chi connectivity index (χ0) is 16.9. The largest absolute Gasteiger partial charge is 0.346 e. The number of anilines is 1. The predicted molar refractivity (Wildman–Crippen MR) is 93.9 cm³/mol. The van der Waals surface area contributed by atoms with Gasteiger partial charge in [0.1, 0.15) is 5.82 Å². The molecule has 1 saturated carbocycles.